The summed E-state index contributed by atoms with van der Waals surface area (Å²) in [6.45, 7) is 10.1. The number of nitrogens with one attached hydrogen (secondary N) is 2. The van der Waals surface area contributed by atoms with E-state index in [0.717, 1.165) is 0 Å². The Morgan fingerprint density at radius 2 is 1.83 bits per heavy atom. The number of aliphatic hydroxyl groups is 1. The van der Waals surface area contributed by atoms with Gasteiger partial charge >= 0.3 is 6.03 Å². The molecule has 3 amide bonds. The largest absolute Gasteiger partial charge is 0.487 e. The number of carbonyl (C=O) groups excluding carboxylic acids is 2. The van der Waals surface area contributed by atoms with Crippen molar-refractivity contribution in [2.45, 2.75) is 58.6 Å². The van der Waals surface area contributed by atoms with Crippen LogP contribution in [0.5, 0.6) is 5.75 Å². The molecule has 3 aromatic rings. The average Bonchev–Trinajstić information content (AvgIpc) is 3.45. The molecule has 1 aliphatic rings. The molecule has 1 aliphatic heterocycles. The Morgan fingerprint density at radius 3 is 2.43 bits per heavy atom. The Balaban J connectivity index is 1.64. The predicted molar refractivity (Wildman–Crippen MR) is 152 cm³/mol. The molecular formula is C27H36N6O8S. The summed E-state index contributed by atoms with van der Waals surface area (Å²) < 4.78 is 45.1. The highest BCUT2D eigenvalue weighted by atomic mass is 32.2. The molecule has 2 aromatic heterocycles. The second kappa shape index (κ2) is 12.0. The number of aryl methyl sites for hydroxylation is 4. The number of benzene rings is 1. The summed E-state index contributed by atoms with van der Waals surface area (Å²) in [5, 5.41) is 20.3. The molecule has 0 radical (unpaired) electrons. The Hall–Kier alpha value is -4.11. The lowest BCUT2D eigenvalue weighted by atomic mass is 9.99. The minimum atomic E-state index is -4.07. The molecule has 0 saturated carbocycles. The average molecular weight is 605 g/mol. The summed E-state index contributed by atoms with van der Waals surface area (Å²) in [6.07, 6.45) is -0.560. The number of fused-ring (bicyclic) bond motifs is 1. The number of aliphatic hydroxyl groups excluding tert-OH is 1. The summed E-state index contributed by atoms with van der Waals surface area (Å²) in [7, 11) is -2.45. The van der Waals surface area contributed by atoms with Gasteiger partial charge in [0.05, 0.1) is 24.8 Å². The molecule has 3 heterocycles. The number of anilines is 2. The van der Waals surface area contributed by atoms with Gasteiger partial charge in [-0.25, -0.2) is 13.2 Å². The Morgan fingerprint density at radius 1 is 1.17 bits per heavy atom. The Labute approximate surface area is 244 Å². The molecular weight excluding hydrogens is 568 g/mol. The van der Waals surface area contributed by atoms with Crippen LogP contribution in [0.4, 0.5) is 16.2 Å². The lowest BCUT2D eigenvalue weighted by molar-refractivity contribution is 0.0371. The molecule has 0 fully saturated rings. The van der Waals surface area contributed by atoms with Crippen LogP contribution in [-0.4, -0.2) is 84.5 Å². The van der Waals surface area contributed by atoms with Gasteiger partial charge < -0.3 is 34.0 Å². The fraction of sp³-hybridized carbons (Fsp3) is 0.481. The second-order valence-electron chi connectivity index (χ2n) is 10.6. The summed E-state index contributed by atoms with van der Waals surface area (Å²) >= 11 is 0. The molecule has 0 saturated heterocycles. The Bertz CT molecular complexity index is 1540. The van der Waals surface area contributed by atoms with Crippen molar-refractivity contribution in [1.29, 1.82) is 0 Å². The van der Waals surface area contributed by atoms with Crippen LogP contribution in [0.25, 0.3) is 0 Å². The van der Waals surface area contributed by atoms with E-state index in [1.165, 1.54) is 41.8 Å². The van der Waals surface area contributed by atoms with Gasteiger partial charge in [-0.2, -0.15) is 0 Å². The number of urea groups is 1. The third-order valence-corrected chi connectivity index (χ3v) is 8.84. The minimum Gasteiger partial charge on any atom is -0.487 e. The number of carbonyl (C=O) groups is 2. The fourth-order valence-corrected chi connectivity index (χ4v) is 6.17. The fourth-order valence-electron chi connectivity index (χ4n) is 4.79. The standard InChI is InChI=1S/C27H36N6O8S/c1-14-11-33(15(2)13-34)26(35)21-10-20(31-42(37,38)25-17(4)30-41-19(25)6)8-9-22(21)39-23(14)12-32(7)27(36)28-24-16(3)29-40-18(24)5/h8-10,14-15,23,31,34H,11-13H2,1-7H3,(H,28,36)/t14-,15-,23-/m1/s1. The van der Waals surface area contributed by atoms with Crippen LogP contribution in [-0.2, 0) is 10.0 Å². The van der Waals surface area contributed by atoms with E-state index in [4.69, 9.17) is 13.8 Å². The molecule has 228 valence electrons. The van der Waals surface area contributed by atoms with Crippen molar-refractivity contribution >= 4 is 33.3 Å². The van der Waals surface area contributed by atoms with E-state index in [-0.39, 0.29) is 59.0 Å². The summed E-state index contributed by atoms with van der Waals surface area (Å²) in [5.41, 5.74) is 1.47. The van der Waals surface area contributed by atoms with Crippen LogP contribution < -0.4 is 14.8 Å². The van der Waals surface area contributed by atoms with Gasteiger partial charge in [0.15, 0.2) is 16.4 Å². The highest BCUT2D eigenvalue weighted by molar-refractivity contribution is 7.92. The van der Waals surface area contributed by atoms with Crippen LogP contribution in [0.1, 0.15) is 47.1 Å². The van der Waals surface area contributed by atoms with Crippen molar-refractivity contribution in [1.82, 2.24) is 20.1 Å². The van der Waals surface area contributed by atoms with Gasteiger partial charge in [0.25, 0.3) is 15.9 Å². The normalized spacial score (nSPS) is 18.0. The van der Waals surface area contributed by atoms with Crippen molar-refractivity contribution in [3.05, 3.63) is 46.7 Å². The monoisotopic (exact) mass is 604 g/mol. The molecule has 4 rings (SSSR count). The molecule has 0 aliphatic carbocycles. The van der Waals surface area contributed by atoms with Crippen molar-refractivity contribution in [2.75, 3.05) is 36.8 Å². The number of likely N-dealkylation sites (N-methyl/N-ethyl adjacent to an activating group) is 1. The molecule has 3 atom stereocenters. The number of aromatic nitrogens is 2. The van der Waals surface area contributed by atoms with Crippen molar-refractivity contribution < 1.29 is 36.9 Å². The zero-order valence-electron chi connectivity index (χ0n) is 24.6. The highest BCUT2D eigenvalue weighted by Gasteiger charge is 2.35. The summed E-state index contributed by atoms with van der Waals surface area (Å²) in [4.78, 5) is 29.6. The van der Waals surface area contributed by atoms with E-state index in [1.807, 2.05) is 6.92 Å². The predicted octanol–water partition coefficient (Wildman–Crippen LogP) is 3.08. The molecule has 42 heavy (non-hydrogen) atoms. The van der Waals surface area contributed by atoms with Crippen molar-refractivity contribution in [3.8, 4) is 5.75 Å². The molecule has 0 unspecified atom stereocenters. The minimum absolute atomic E-state index is 0.0841. The van der Waals surface area contributed by atoms with E-state index < -0.39 is 34.1 Å². The lowest BCUT2D eigenvalue weighted by Crippen LogP contribution is -2.50. The van der Waals surface area contributed by atoms with E-state index in [0.29, 0.717) is 17.1 Å². The maximum atomic E-state index is 13.7. The first-order valence-corrected chi connectivity index (χ1v) is 14.8. The van der Waals surface area contributed by atoms with E-state index in [1.54, 1.807) is 27.8 Å². The molecule has 1 aromatic carbocycles. The maximum Gasteiger partial charge on any atom is 0.321 e. The molecule has 15 heteroatoms. The number of nitrogens with zero attached hydrogens (tertiary/aromatic N) is 4. The van der Waals surface area contributed by atoms with Crippen molar-refractivity contribution in [2.24, 2.45) is 5.92 Å². The first-order valence-electron chi connectivity index (χ1n) is 13.4. The number of ether oxygens (including phenoxy) is 1. The van der Waals surface area contributed by atoms with Crippen LogP contribution >= 0.6 is 0 Å². The third-order valence-electron chi connectivity index (χ3n) is 7.22. The molecule has 3 N–H and O–H groups in total. The van der Waals surface area contributed by atoms with Gasteiger partial charge in [-0.15, -0.1) is 0 Å². The first-order chi connectivity index (χ1) is 19.7. The highest BCUT2D eigenvalue weighted by Crippen LogP contribution is 2.32. The van der Waals surface area contributed by atoms with Crippen molar-refractivity contribution in [3.63, 3.8) is 0 Å². The molecule has 14 nitrogen and oxygen atoms in total. The van der Waals surface area contributed by atoms with Gasteiger partial charge in [0.1, 0.15) is 28.9 Å². The van der Waals surface area contributed by atoms with E-state index in [2.05, 4.69) is 20.4 Å². The van der Waals surface area contributed by atoms with E-state index in [9.17, 15) is 23.1 Å². The lowest BCUT2D eigenvalue weighted by Gasteiger charge is -2.38. The quantitative estimate of drug-likeness (QED) is 0.346. The summed E-state index contributed by atoms with van der Waals surface area (Å²) in [5.74, 6) is 0.147. The van der Waals surface area contributed by atoms with Gasteiger partial charge in [-0.1, -0.05) is 17.2 Å². The van der Waals surface area contributed by atoms with Crippen LogP contribution in [0.3, 0.4) is 0 Å². The number of hydrogen-bond acceptors (Lipinski definition) is 10. The molecule has 0 bridgehead atoms. The zero-order chi connectivity index (χ0) is 30.9. The Kier molecular flexibility index (Phi) is 8.82. The second-order valence-corrected chi connectivity index (χ2v) is 12.2. The van der Waals surface area contributed by atoms with Gasteiger partial charge in [0, 0.05) is 25.2 Å². The maximum absolute atomic E-state index is 13.7. The van der Waals surface area contributed by atoms with Gasteiger partial charge in [-0.05, 0) is 52.8 Å². The SMILES string of the molecule is Cc1noc(C)c1NC(=O)N(C)C[C@H]1Oc2ccc(NS(=O)(=O)c3c(C)noc3C)cc2C(=O)N([C@H](C)CO)C[C@H]1C. The third kappa shape index (κ3) is 6.21. The van der Waals surface area contributed by atoms with Gasteiger partial charge in [0.2, 0.25) is 0 Å². The van der Waals surface area contributed by atoms with Crippen LogP contribution in [0, 0.1) is 33.6 Å². The summed E-state index contributed by atoms with van der Waals surface area (Å²) in [6, 6.07) is 3.46. The topological polar surface area (TPSA) is 180 Å². The zero-order valence-corrected chi connectivity index (χ0v) is 25.4. The van der Waals surface area contributed by atoms with Crippen LogP contribution in [0.15, 0.2) is 32.1 Å². The number of amides is 3. The number of hydrogen-bond donors (Lipinski definition) is 3. The first kappa shape index (κ1) is 30.8. The van der Waals surface area contributed by atoms with E-state index >= 15 is 0 Å². The van der Waals surface area contributed by atoms with Gasteiger partial charge in [-0.3, -0.25) is 9.52 Å². The van der Waals surface area contributed by atoms with Crippen LogP contribution in [0.2, 0.25) is 0 Å². The molecule has 0 spiro atoms. The smallest absolute Gasteiger partial charge is 0.321 e. The number of sulfonamides is 1. The number of rotatable bonds is 8.